The molecule has 0 atom stereocenters. The average molecular weight is 445 g/mol. The first-order chi connectivity index (χ1) is 13.1. The molecule has 0 fully saturated rings. The number of aromatic nitrogens is 4. The lowest BCUT2D eigenvalue weighted by molar-refractivity contribution is -0.147. The minimum absolute atomic E-state index is 0.255. The first-order valence-electron chi connectivity index (χ1n) is 7.66. The zero-order valence-electron chi connectivity index (χ0n) is 15.0. The second-order valence-corrected chi connectivity index (χ2v) is 7.96. The Bertz CT molecular complexity index is 1040. The second kappa shape index (κ2) is 7.27. The largest absolute Gasteiger partial charge is 0.451 e. The normalized spacial score (nSPS) is 12.9. The summed E-state index contributed by atoms with van der Waals surface area (Å²) < 4.78 is 102. The van der Waals surface area contributed by atoms with Crippen LogP contribution in [0.4, 0.5) is 32.3 Å². The van der Waals surface area contributed by atoms with Crippen LogP contribution in [-0.2, 0) is 29.2 Å². The standard InChI is InChI=1S/C14H13F6N5O3S/c1-4-29(27,28)8-5-7(13(15,16)17)6-21-9(8)10(26)24(2)12-23-22-11(25(12)3)14(18,19)20/h5-6H,4H2,1-3H3. The molecule has 29 heavy (non-hydrogen) atoms. The average Bonchev–Trinajstić information content (AvgIpc) is 3.00. The van der Waals surface area contributed by atoms with E-state index in [1.807, 2.05) is 0 Å². The molecule has 0 spiro atoms. The summed E-state index contributed by atoms with van der Waals surface area (Å²) in [4.78, 5) is 15.5. The summed E-state index contributed by atoms with van der Waals surface area (Å²) in [7, 11) is -2.47. The van der Waals surface area contributed by atoms with Gasteiger partial charge in [0.2, 0.25) is 11.8 Å². The summed E-state index contributed by atoms with van der Waals surface area (Å²) in [6.45, 7) is 1.14. The van der Waals surface area contributed by atoms with Gasteiger partial charge in [-0.2, -0.15) is 26.3 Å². The minimum atomic E-state index is -4.93. The molecule has 0 saturated heterocycles. The van der Waals surface area contributed by atoms with Gasteiger partial charge in [-0.1, -0.05) is 6.92 Å². The van der Waals surface area contributed by atoms with Gasteiger partial charge in [0, 0.05) is 20.3 Å². The molecule has 0 bridgehead atoms. The van der Waals surface area contributed by atoms with Crippen LogP contribution in [0.5, 0.6) is 0 Å². The lowest BCUT2D eigenvalue weighted by Crippen LogP contribution is -2.32. The summed E-state index contributed by atoms with van der Waals surface area (Å²) in [6.07, 6.45) is -9.55. The maximum Gasteiger partial charge on any atom is 0.451 e. The first kappa shape index (κ1) is 22.6. The topological polar surface area (TPSA) is 98.0 Å². The third kappa shape index (κ3) is 4.33. The summed E-state index contributed by atoms with van der Waals surface area (Å²) in [6, 6.07) is 0.255. The van der Waals surface area contributed by atoms with Crippen LogP contribution in [0.2, 0.25) is 0 Å². The Balaban J connectivity index is 2.60. The molecule has 0 saturated carbocycles. The van der Waals surface area contributed by atoms with Gasteiger partial charge < -0.3 is 0 Å². The van der Waals surface area contributed by atoms with Crippen molar-refractivity contribution in [3.63, 3.8) is 0 Å². The fraction of sp³-hybridized carbons (Fsp3) is 0.429. The highest BCUT2D eigenvalue weighted by Crippen LogP contribution is 2.32. The second-order valence-electron chi connectivity index (χ2n) is 5.72. The third-order valence-electron chi connectivity index (χ3n) is 3.81. The van der Waals surface area contributed by atoms with E-state index in [0.29, 0.717) is 9.47 Å². The number of hydrogen-bond donors (Lipinski definition) is 0. The fourth-order valence-corrected chi connectivity index (χ4v) is 3.31. The molecule has 160 valence electrons. The Kier molecular flexibility index (Phi) is 5.66. The molecule has 8 nitrogen and oxygen atoms in total. The van der Waals surface area contributed by atoms with E-state index < -0.39 is 61.8 Å². The van der Waals surface area contributed by atoms with E-state index in [1.54, 1.807) is 0 Å². The quantitative estimate of drug-likeness (QED) is 0.670. The van der Waals surface area contributed by atoms with Crippen LogP contribution < -0.4 is 4.90 Å². The summed E-state index contributed by atoms with van der Waals surface area (Å²) in [5.74, 6) is -3.98. The van der Waals surface area contributed by atoms with Crippen molar-refractivity contribution in [3.05, 3.63) is 29.3 Å². The summed E-state index contributed by atoms with van der Waals surface area (Å²) in [5.41, 5.74) is -2.29. The van der Waals surface area contributed by atoms with Crippen molar-refractivity contribution in [1.82, 2.24) is 19.7 Å². The molecular formula is C14H13F6N5O3S. The molecule has 0 aromatic carbocycles. The molecule has 0 aliphatic heterocycles. The van der Waals surface area contributed by atoms with Crippen molar-refractivity contribution >= 4 is 21.7 Å². The zero-order chi connectivity index (χ0) is 22.4. The number of halogens is 6. The molecule has 1 amide bonds. The number of rotatable bonds is 4. The van der Waals surface area contributed by atoms with Crippen molar-refractivity contribution in [2.24, 2.45) is 7.05 Å². The Labute approximate surface area is 160 Å². The molecule has 2 heterocycles. The Morgan fingerprint density at radius 2 is 1.72 bits per heavy atom. The lowest BCUT2D eigenvalue weighted by atomic mass is 10.2. The number of pyridine rings is 1. The van der Waals surface area contributed by atoms with Gasteiger partial charge in [0.05, 0.1) is 16.2 Å². The highest BCUT2D eigenvalue weighted by atomic mass is 32.2. The molecule has 0 unspecified atom stereocenters. The molecular weight excluding hydrogens is 432 g/mol. The highest BCUT2D eigenvalue weighted by Gasteiger charge is 2.39. The Morgan fingerprint density at radius 3 is 2.17 bits per heavy atom. The van der Waals surface area contributed by atoms with E-state index in [2.05, 4.69) is 15.2 Å². The predicted molar refractivity (Wildman–Crippen MR) is 85.7 cm³/mol. The van der Waals surface area contributed by atoms with Gasteiger partial charge >= 0.3 is 12.4 Å². The summed E-state index contributed by atoms with van der Waals surface area (Å²) >= 11 is 0. The number of sulfone groups is 1. The van der Waals surface area contributed by atoms with Crippen LogP contribution in [0.3, 0.4) is 0 Å². The molecule has 15 heteroatoms. The van der Waals surface area contributed by atoms with Crippen LogP contribution in [-0.4, -0.2) is 46.9 Å². The first-order valence-corrected chi connectivity index (χ1v) is 9.31. The van der Waals surface area contributed by atoms with E-state index in [9.17, 15) is 39.6 Å². The van der Waals surface area contributed by atoms with Gasteiger partial charge in [-0.3, -0.25) is 14.3 Å². The van der Waals surface area contributed by atoms with Crippen molar-refractivity contribution in [2.45, 2.75) is 24.2 Å². The van der Waals surface area contributed by atoms with Gasteiger partial charge in [-0.25, -0.2) is 13.4 Å². The van der Waals surface area contributed by atoms with E-state index >= 15 is 0 Å². The monoisotopic (exact) mass is 445 g/mol. The van der Waals surface area contributed by atoms with Crippen molar-refractivity contribution in [3.8, 4) is 0 Å². The molecule has 0 aliphatic rings. The summed E-state index contributed by atoms with van der Waals surface area (Å²) in [5, 5.41) is 6.16. The lowest BCUT2D eigenvalue weighted by Gasteiger charge is -2.18. The number of amides is 1. The minimum Gasteiger partial charge on any atom is -0.292 e. The van der Waals surface area contributed by atoms with Gasteiger partial charge in [-0.05, 0) is 6.07 Å². The van der Waals surface area contributed by atoms with Crippen LogP contribution in [0, 0.1) is 0 Å². The van der Waals surface area contributed by atoms with Gasteiger partial charge in [-0.15, -0.1) is 10.2 Å². The van der Waals surface area contributed by atoms with Gasteiger partial charge in [0.15, 0.2) is 9.84 Å². The van der Waals surface area contributed by atoms with E-state index in [4.69, 9.17) is 0 Å². The van der Waals surface area contributed by atoms with Crippen LogP contribution >= 0.6 is 0 Å². The van der Waals surface area contributed by atoms with Crippen molar-refractivity contribution < 1.29 is 39.6 Å². The van der Waals surface area contributed by atoms with Crippen LogP contribution in [0.15, 0.2) is 17.2 Å². The number of alkyl halides is 6. The van der Waals surface area contributed by atoms with Gasteiger partial charge in [0.1, 0.15) is 5.69 Å². The maximum atomic E-state index is 12.9. The number of hydrogen-bond acceptors (Lipinski definition) is 6. The SMILES string of the molecule is CCS(=O)(=O)c1cc(C(F)(F)F)cnc1C(=O)N(C)c1nnc(C(F)(F)F)n1C. The van der Waals surface area contributed by atoms with E-state index in [-0.39, 0.29) is 12.3 Å². The smallest absolute Gasteiger partial charge is 0.292 e. The predicted octanol–water partition coefficient (Wildman–Crippen LogP) is 2.32. The van der Waals surface area contributed by atoms with Crippen LogP contribution in [0.25, 0.3) is 0 Å². The molecule has 0 radical (unpaired) electrons. The molecule has 0 aliphatic carbocycles. The molecule has 0 N–H and O–H groups in total. The molecule has 2 rings (SSSR count). The number of nitrogens with zero attached hydrogens (tertiary/aromatic N) is 5. The number of carbonyl (C=O) groups is 1. The molecule has 2 aromatic heterocycles. The van der Waals surface area contributed by atoms with E-state index in [1.165, 1.54) is 0 Å². The molecule has 2 aromatic rings. The maximum absolute atomic E-state index is 12.9. The Morgan fingerprint density at radius 1 is 1.14 bits per heavy atom. The number of carbonyl (C=O) groups excluding carboxylic acids is 1. The van der Waals surface area contributed by atoms with Crippen molar-refractivity contribution in [2.75, 3.05) is 17.7 Å². The number of anilines is 1. The van der Waals surface area contributed by atoms with Crippen molar-refractivity contribution in [1.29, 1.82) is 0 Å². The third-order valence-corrected chi connectivity index (χ3v) is 5.55. The fourth-order valence-electron chi connectivity index (χ4n) is 2.26. The van der Waals surface area contributed by atoms with Gasteiger partial charge in [0.25, 0.3) is 5.91 Å². The zero-order valence-corrected chi connectivity index (χ0v) is 15.8. The van der Waals surface area contributed by atoms with E-state index in [0.717, 1.165) is 21.0 Å². The van der Waals surface area contributed by atoms with Crippen LogP contribution in [0.1, 0.15) is 28.8 Å². The Hall–Kier alpha value is -2.71. The highest BCUT2D eigenvalue weighted by molar-refractivity contribution is 7.91.